The van der Waals surface area contributed by atoms with Crippen molar-refractivity contribution < 1.29 is 23.0 Å². The summed E-state index contributed by atoms with van der Waals surface area (Å²) in [5.41, 5.74) is -0.107. The second kappa shape index (κ2) is 4.55. The minimum absolute atomic E-state index is 0.0124. The molecule has 1 heterocycles. The van der Waals surface area contributed by atoms with Gasteiger partial charge in [-0.3, -0.25) is 4.79 Å². The maximum Gasteiger partial charge on any atom is 0.272 e. The molecular formula is C13H14F2O3. The van der Waals surface area contributed by atoms with Gasteiger partial charge >= 0.3 is 0 Å². The number of ether oxygens (including phenoxy) is 2. The molecule has 0 saturated heterocycles. The molecule has 0 fully saturated rings. The summed E-state index contributed by atoms with van der Waals surface area (Å²) in [6.45, 7) is 2.94. The number of hydrogen-bond donors (Lipinski definition) is 0. The maximum atomic E-state index is 12.0. The maximum absolute atomic E-state index is 12.0. The zero-order valence-electron chi connectivity index (χ0n) is 10.2. The van der Waals surface area contributed by atoms with E-state index in [4.69, 9.17) is 9.47 Å². The van der Waals surface area contributed by atoms with E-state index in [2.05, 4.69) is 0 Å². The van der Waals surface area contributed by atoms with E-state index in [0.717, 1.165) is 0 Å². The summed E-state index contributed by atoms with van der Waals surface area (Å²) in [4.78, 5) is 11.8. The number of halogens is 2. The molecule has 5 heteroatoms. The van der Waals surface area contributed by atoms with Crippen LogP contribution in [0.2, 0.25) is 0 Å². The standard InChI is InChI=1S/C13H14F2O3/c1-13(2)6-10(16)9-4-3-8(5-11(9)18-13)17-7-12(14)15/h3-5,12H,6-7H2,1-2H3. The van der Waals surface area contributed by atoms with Gasteiger partial charge in [0, 0.05) is 6.07 Å². The summed E-state index contributed by atoms with van der Waals surface area (Å²) in [5.74, 6) is 0.657. The van der Waals surface area contributed by atoms with Gasteiger partial charge in [0.15, 0.2) is 5.78 Å². The van der Waals surface area contributed by atoms with Gasteiger partial charge in [0.1, 0.15) is 23.7 Å². The van der Waals surface area contributed by atoms with Crippen LogP contribution in [0.4, 0.5) is 8.78 Å². The lowest BCUT2D eigenvalue weighted by atomic mass is 9.93. The van der Waals surface area contributed by atoms with E-state index in [1.807, 2.05) is 0 Å². The highest BCUT2D eigenvalue weighted by Gasteiger charge is 2.32. The molecule has 0 N–H and O–H groups in total. The van der Waals surface area contributed by atoms with Gasteiger partial charge < -0.3 is 9.47 Å². The first-order chi connectivity index (χ1) is 8.37. The number of fused-ring (bicyclic) bond motifs is 1. The first-order valence-electron chi connectivity index (χ1n) is 5.64. The minimum Gasteiger partial charge on any atom is -0.488 e. The number of alkyl halides is 2. The number of hydrogen-bond acceptors (Lipinski definition) is 3. The van der Waals surface area contributed by atoms with Crippen molar-refractivity contribution in [2.45, 2.75) is 32.3 Å². The van der Waals surface area contributed by atoms with Crippen LogP contribution in [-0.4, -0.2) is 24.4 Å². The van der Waals surface area contributed by atoms with Crippen LogP contribution in [0, 0.1) is 0 Å². The Bertz CT molecular complexity index is 469. The molecule has 0 amide bonds. The smallest absolute Gasteiger partial charge is 0.272 e. The Labute approximate surface area is 104 Å². The van der Waals surface area contributed by atoms with Gasteiger partial charge in [-0.25, -0.2) is 8.78 Å². The third kappa shape index (κ3) is 2.78. The Kier molecular flexibility index (Phi) is 3.24. The Balaban J connectivity index is 2.23. The first kappa shape index (κ1) is 12.8. The van der Waals surface area contributed by atoms with Crippen LogP contribution < -0.4 is 9.47 Å². The van der Waals surface area contributed by atoms with Crippen molar-refractivity contribution in [2.24, 2.45) is 0 Å². The average Bonchev–Trinajstić information content (AvgIpc) is 2.24. The second-order valence-electron chi connectivity index (χ2n) is 4.82. The molecule has 0 aromatic heterocycles. The van der Waals surface area contributed by atoms with Crippen LogP contribution in [0.15, 0.2) is 18.2 Å². The third-order valence-corrected chi connectivity index (χ3v) is 2.60. The Morgan fingerprint density at radius 1 is 1.44 bits per heavy atom. The average molecular weight is 256 g/mol. The van der Waals surface area contributed by atoms with Crippen LogP contribution in [0.1, 0.15) is 30.6 Å². The molecule has 3 nitrogen and oxygen atoms in total. The van der Waals surface area contributed by atoms with E-state index in [1.54, 1.807) is 19.9 Å². The molecule has 0 saturated carbocycles. The molecule has 1 aliphatic rings. The van der Waals surface area contributed by atoms with Crippen molar-refractivity contribution in [1.82, 2.24) is 0 Å². The van der Waals surface area contributed by atoms with Gasteiger partial charge in [-0.1, -0.05) is 0 Å². The van der Waals surface area contributed by atoms with E-state index in [-0.39, 0.29) is 11.5 Å². The summed E-state index contributed by atoms with van der Waals surface area (Å²) in [6.07, 6.45) is -2.22. The summed E-state index contributed by atoms with van der Waals surface area (Å²) >= 11 is 0. The summed E-state index contributed by atoms with van der Waals surface area (Å²) < 4.78 is 34.6. The Morgan fingerprint density at radius 2 is 2.17 bits per heavy atom. The van der Waals surface area contributed by atoms with E-state index < -0.39 is 18.6 Å². The van der Waals surface area contributed by atoms with Gasteiger partial charge in [-0.05, 0) is 26.0 Å². The third-order valence-electron chi connectivity index (χ3n) is 2.60. The highest BCUT2D eigenvalue weighted by molar-refractivity contribution is 6.00. The molecule has 0 radical (unpaired) electrons. The molecule has 0 bridgehead atoms. The summed E-state index contributed by atoms with van der Waals surface area (Å²) in [6, 6.07) is 4.53. The molecular weight excluding hydrogens is 242 g/mol. The van der Waals surface area contributed by atoms with E-state index in [9.17, 15) is 13.6 Å². The monoisotopic (exact) mass is 256 g/mol. The molecule has 0 spiro atoms. The van der Waals surface area contributed by atoms with Gasteiger partial charge in [-0.2, -0.15) is 0 Å². The highest BCUT2D eigenvalue weighted by atomic mass is 19.3. The molecule has 0 unspecified atom stereocenters. The summed E-state index contributed by atoms with van der Waals surface area (Å²) in [7, 11) is 0. The normalized spacial score (nSPS) is 17.3. The zero-order valence-corrected chi connectivity index (χ0v) is 10.2. The minimum atomic E-state index is -2.53. The largest absolute Gasteiger partial charge is 0.488 e. The van der Waals surface area contributed by atoms with Crippen molar-refractivity contribution in [3.05, 3.63) is 23.8 Å². The van der Waals surface area contributed by atoms with Crippen LogP contribution in [0.3, 0.4) is 0 Å². The number of Topliss-reactive ketones (excluding diaryl/α,β-unsaturated/α-hetero) is 1. The zero-order chi connectivity index (χ0) is 13.3. The van der Waals surface area contributed by atoms with Gasteiger partial charge in [0.2, 0.25) is 0 Å². The van der Waals surface area contributed by atoms with Crippen LogP contribution in [-0.2, 0) is 0 Å². The highest BCUT2D eigenvalue weighted by Crippen LogP contribution is 2.35. The molecule has 98 valence electrons. The number of ketones is 1. The molecule has 1 aromatic carbocycles. The Hall–Kier alpha value is -1.65. The fourth-order valence-electron chi connectivity index (χ4n) is 1.88. The first-order valence-corrected chi connectivity index (χ1v) is 5.64. The van der Waals surface area contributed by atoms with Crippen molar-refractivity contribution in [1.29, 1.82) is 0 Å². The SMILES string of the molecule is CC1(C)CC(=O)c2ccc(OCC(F)F)cc2O1. The van der Waals surface area contributed by atoms with Gasteiger partial charge in [-0.15, -0.1) is 0 Å². The number of carbonyl (C=O) groups excluding carboxylic acids is 1. The van der Waals surface area contributed by atoms with E-state index >= 15 is 0 Å². The lowest BCUT2D eigenvalue weighted by Crippen LogP contribution is -2.35. The number of carbonyl (C=O) groups is 1. The van der Waals surface area contributed by atoms with Gasteiger partial charge in [0.05, 0.1) is 12.0 Å². The lowest BCUT2D eigenvalue weighted by molar-refractivity contribution is 0.0609. The van der Waals surface area contributed by atoms with Crippen LogP contribution >= 0.6 is 0 Å². The van der Waals surface area contributed by atoms with Crippen molar-refractivity contribution in [3.8, 4) is 11.5 Å². The van der Waals surface area contributed by atoms with Crippen LogP contribution in [0.5, 0.6) is 11.5 Å². The van der Waals surface area contributed by atoms with Crippen molar-refractivity contribution in [3.63, 3.8) is 0 Å². The fraction of sp³-hybridized carbons (Fsp3) is 0.462. The summed E-state index contributed by atoms with van der Waals surface area (Å²) in [5, 5.41) is 0. The van der Waals surface area contributed by atoms with E-state index in [1.165, 1.54) is 12.1 Å². The number of rotatable bonds is 3. The molecule has 2 rings (SSSR count). The topological polar surface area (TPSA) is 35.5 Å². The fourth-order valence-corrected chi connectivity index (χ4v) is 1.88. The molecule has 18 heavy (non-hydrogen) atoms. The van der Waals surface area contributed by atoms with E-state index in [0.29, 0.717) is 17.7 Å². The quantitative estimate of drug-likeness (QED) is 0.833. The Morgan fingerprint density at radius 3 is 2.83 bits per heavy atom. The molecule has 1 aromatic rings. The predicted octanol–water partition coefficient (Wildman–Crippen LogP) is 3.07. The van der Waals surface area contributed by atoms with Gasteiger partial charge in [0.25, 0.3) is 6.43 Å². The molecule has 1 aliphatic heterocycles. The van der Waals surface area contributed by atoms with Crippen molar-refractivity contribution >= 4 is 5.78 Å². The number of benzene rings is 1. The predicted molar refractivity (Wildman–Crippen MR) is 61.6 cm³/mol. The lowest BCUT2D eigenvalue weighted by Gasteiger charge is -2.31. The van der Waals surface area contributed by atoms with Crippen molar-refractivity contribution in [2.75, 3.05) is 6.61 Å². The molecule has 0 aliphatic carbocycles. The molecule has 0 atom stereocenters. The van der Waals surface area contributed by atoms with Crippen LogP contribution in [0.25, 0.3) is 0 Å². The second-order valence-corrected chi connectivity index (χ2v) is 4.82.